The summed E-state index contributed by atoms with van der Waals surface area (Å²) in [4.78, 5) is 0. The number of ether oxygens (including phenoxy) is 1. The van der Waals surface area contributed by atoms with Gasteiger partial charge < -0.3 is 4.74 Å². The lowest BCUT2D eigenvalue weighted by Crippen LogP contribution is -2.21. The van der Waals surface area contributed by atoms with E-state index in [-0.39, 0.29) is 0 Å². The zero-order valence-corrected chi connectivity index (χ0v) is 13.7. The van der Waals surface area contributed by atoms with Crippen molar-refractivity contribution < 1.29 is 4.74 Å². The molecule has 0 saturated carbocycles. The molecule has 18 heavy (non-hydrogen) atoms. The van der Waals surface area contributed by atoms with E-state index in [2.05, 4.69) is 52.0 Å². The first kappa shape index (κ1) is 15.6. The number of methoxy groups -OCH3 is 1. The average Bonchev–Trinajstić information content (AvgIpc) is 2.27. The van der Waals surface area contributed by atoms with Crippen molar-refractivity contribution in [1.82, 2.24) is 0 Å². The van der Waals surface area contributed by atoms with E-state index in [0.29, 0.717) is 0 Å². The Bertz CT molecular complexity index is 337. The number of rotatable bonds is 7. The van der Waals surface area contributed by atoms with Crippen LogP contribution in [0.3, 0.4) is 0 Å². The van der Waals surface area contributed by atoms with Gasteiger partial charge in [-0.15, -0.1) is 0 Å². The Morgan fingerprint density at radius 3 is 2.06 bits per heavy atom. The van der Waals surface area contributed by atoms with E-state index in [0.717, 1.165) is 17.6 Å². The molecule has 0 radical (unpaired) electrons. The van der Waals surface area contributed by atoms with Crippen LogP contribution in [0, 0.1) is 11.8 Å². The van der Waals surface area contributed by atoms with Gasteiger partial charge >= 0.3 is 0 Å². The zero-order valence-electron chi connectivity index (χ0n) is 12.6. The molecule has 0 unspecified atom stereocenters. The van der Waals surface area contributed by atoms with Gasteiger partial charge in [-0.1, -0.05) is 73.6 Å². The van der Waals surface area contributed by atoms with Crippen molar-refractivity contribution in [2.45, 2.75) is 43.5 Å². The predicted molar refractivity (Wildman–Crippen MR) is 81.7 cm³/mol. The van der Waals surface area contributed by atoms with Crippen LogP contribution >= 0.6 is 0 Å². The normalized spacial score (nSPS) is 11.1. The third kappa shape index (κ3) is 5.46. The van der Waals surface area contributed by atoms with Gasteiger partial charge in [0, 0.05) is 0 Å². The van der Waals surface area contributed by atoms with Crippen LogP contribution in [-0.2, 0) is 5.28 Å². The van der Waals surface area contributed by atoms with Gasteiger partial charge in [-0.05, 0) is 11.6 Å². The van der Waals surface area contributed by atoms with Crippen LogP contribution in [0.5, 0.6) is 5.75 Å². The average molecular weight is 262 g/mol. The molecule has 0 bridgehead atoms. The molecule has 0 aliphatic rings. The first-order valence-electron chi connectivity index (χ1n) is 7.14. The molecule has 0 saturated heterocycles. The highest BCUT2D eigenvalue weighted by molar-refractivity contribution is 6.58. The molecule has 0 spiro atoms. The summed E-state index contributed by atoms with van der Waals surface area (Å²) in [5.74, 6) is 2.73. The number of benzene rings is 1. The third-order valence-electron chi connectivity index (χ3n) is 3.31. The minimum atomic E-state index is -0.698. The summed E-state index contributed by atoms with van der Waals surface area (Å²) in [7, 11) is 1.78. The van der Waals surface area contributed by atoms with Crippen molar-refractivity contribution in [3.05, 3.63) is 29.8 Å². The van der Waals surface area contributed by atoms with Crippen LogP contribution in [0.4, 0.5) is 0 Å². The van der Waals surface area contributed by atoms with E-state index in [1.54, 1.807) is 7.11 Å². The monoisotopic (exact) mass is 262 g/mol. The number of hydrogen-bond acceptors (Lipinski definition) is 1. The fraction of sp³-hybridized carbons (Fsp3) is 0.625. The molecule has 1 nitrogen and oxygen atoms in total. The minimum absolute atomic E-state index is 0.698. The fourth-order valence-electron chi connectivity index (χ4n) is 2.78. The van der Waals surface area contributed by atoms with Gasteiger partial charge in [0.15, 0.2) is 0 Å². The highest BCUT2D eigenvalue weighted by Gasteiger charge is 2.21. The lowest BCUT2D eigenvalue weighted by Gasteiger charge is -2.17. The molecule has 0 atom stereocenters. The fourth-order valence-corrected chi connectivity index (χ4v) is 6.93. The quantitative estimate of drug-likeness (QED) is 0.653. The molecule has 1 rings (SSSR count). The molecule has 0 amide bonds. The van der Waals surface area contributed by atoms with Crippen molar-refractivity contribution in [2.24, 2.45) is 11.8 Å². The van der Waals surface area contributed by atoms with E-state index in [9.17, 15) is 0 Å². The van der Waals surface area contributed by atoms with Crippen LogP contribution in [0.2, 0.25) is 10.6 Å². The summed E-state index contributed by atoms with van der Waals surface area (Å²) in [6.07, 6.45) is 0. The zero-order chi connectivity index (χ0) is 13.5. The van der Waals surface area contributed by atoms with Crippen LogP contribution in [0.15, 0.2) is 24.3 Å². The Morgan fingerprint density at radius 1 is 1.00 bits per heavy atom. The Hall–Kier alpha value is -0.448. The Balaban J connectivity index is 2.74. The summed E-state index contributed by atoms with van der Waals surface area (Å²) in [6, 6.07) is 8.52. The van der Waals surface area contributed by atoms with Crippen LogP contribution < -0.4 is 4.74 Å². The summed E-state index contributed by atoms with van der Waals surface area (Å²) < 4.78 is 5.48. The molecule has 0 N–H and O–H groups in total. The molecule has 100 valence electrons. The maximum Gasteiger partial charge on any atom is 0.268 e. The van der Waals surface area contributed by atoms with Gasteiger partial charge in [-0.25, -0.2) is 0 Å². The van der Waals surface area contributed by atoms with Gasteiger partial charge in [0.05, 0.1) is 7.11 Å². The Labute approximate surface area is 117 Å². The van der Waals surface area contributed by atoms with Gasteiger partial charge in [0.1, 0.15) is 5.75 Å². The van der Waals surface area contributed by atoms with Gasteiger partial charge in [-0.3, -0.25) is 0 Å². The van der Waals surface area contributed by atoms with E-state index in [1.165, 1.54) is 21.4 Å². The topological polar surface area (TPSA) is 9.23 Å². The summed E-state index contributed by atoms with van der Waals surface area (Å²) in [5.41, 5.74) is 1.41. The summed E-state index contributed by atoms with van der Waals surface area (Å²) in [5, 5.41) is 4.16. The molecule has 2 heteroatoms. The smallest absolute Gasteiger partial charge is 0.268 e. The maximum absolute atomic E-state index is 5.48. The molecule has 1 aromatic rings. The van der Waals surface area contributed by atoms with Crippen LogP contribution in [0.25, 0.3) is 0 Å². The highest BCUT2D eigenvalue weighted by atomic mass is 27.2. The van der Waals surface area contributed by atoms with Crippen LogP contribution in [-0.4, -0.2) is 21.3 Å². The number of hydrogen-bond donors (Lipinski definition) is 0. The van der Waals surface area contributed by atoms with Crippen molar-refractivity contribution in [2.75, 3.05) is 7.11 Å². The van der Waals surface area contributed by atoms with Crippen molar-refractivity contribution in [1.29, 1.82) is 0 Å². The van der Waals surface area contributed by atoms with Crippen LogP contribution in [0.1, 0.15) is 33.3 Å². The largest absolute Gasteiger partial charge is 0.497 e. The van der Waals surface area contributed by atoms with E-state index < -0.39 is 14.1 Å². The van der Waals surface area contributed by atoms with Crippen molar-refractivity contribution >= 4 is 14.1 Å². The van der Waals surface area contributed by atoms with E-state index in [1.807, 2.05) is 0 Å². The predicted octanol–water partition coefficient (Wildman–Crippen LogP) is 4.58. The molecular formula is C16H27AlO. The second-order valence-corrected chi connectivity index (χ2v) is 9.22. The molecule has 0 aromatic heterocycles. The lowest BCUT2D eigenvalue weighted by atomic mass is 10.2. The van der Waals surface area contributed by atoms with Gasteiger partial charge in [0.2, 0.25) is 0 Å². The SMILES string of the molecule is COc1ccccc1[CH2][Al]([CH2]C(C)C)[CH2]C(C)C. The van der Waals surface area contributed by atoms with Crippen molar-refractivity contribution in [3.63, 3.8) is 0 Å². The minimum Gasteiger partial charge on any atom is -0.497 e. The molecular weight excluding hydrogens is 235 g/mol. The number of para-hydroxylation sites is 1. The first-order chi connectivity index (χ1) is 8.52. The van der Waals surface area contributed by atoms with Crippen molar-refractivity contribution in [3.8, 4) is 5.75 Å². The maximum atomic E-state index is 5.48. The molecule has 0 heterocycles. The standard InChI is InChI=1S/C8H9O.2C4H9.Al/c1-7-5-3-4-6-8(7)9-2;2*1-4(2)3;/h3-6H,1H2,2H3;2*4H,1H2,2-3H3;. The summed E-state index contributed by atoms with van der Waals surface area (Å²) in [6.45, 7) is 9.40. The van der Waals surface area contributed by atoms with Gasteiger partial charge in [0.25, 0.3) is 14.1 Å². The Kier molecular flexibility index (Phi) is 6.83. The Morgan fingerprint density at radius 2 is 1.56 bits per heavy atom. The van der Waals surface area contributed by atoms with Gasteiger partial charge in [-0.2, -0.15) is 0 Å². The lowest BCUT2D eigenvalue weighted by molar-refractivity contribution is 0.411. The molecule has 1 aromatic carbocycles. The first-order valence-corrected chi connectivity index (χ1v) is 9.59. The van der Waals surface area contributed by atoms with E-state index in [4.69, 9.17) is 4.74 Å². The highest BCUT2D eigenvalue weighted by Crippen LogP contribution is 2.23. The second-order valence-electron chi connectivity index (χ2n) is 6.14. The molecule has 0 fully saturated rings. The molecule has 0 aliphatic heterocycles. The second kappa shape index (κ2) is 7.87. The van der Waals surface area contributed by atoms with E-state index >= 15 is 0 Å². The summed E-state index contributed by atoms with van der Waals surface area (Å²) >= 11 is -0.698. The third-order valence-corrected chi connectivity index (χ3v) is 7.55. The molecule has 0 aliphatic carbocycles.